The van der Waals surface area contributed by atoms with Crippen LogP contribution in [0.5, 0.6) is 11.5 Å². The summed E-state index contributed by atoms with van der Waals surface area (Å²) in [6.07, 6.45) is 15.3. The van der Waals surface area contributed by atoms with E-state index >= 15 is 0 Å². The van der Waals surface area contributed by atoms with Crippen LogP contribution in [0.25, 0.3) is 156 Å². The Kier molecular flexibility index (Phi) is 20.7. The van der Waals surface area contributed by atoms with Crippen molar-refractivity contribution in [2.45, 2.75) is 105 Å². The van der Waals surface area contributed by atoms with E-state index < -0.39 is 12.2 Å². The van der Waals surface area contributed by atoms with Crippen LogP contribution in [0.3, 0.4) is 0 Å². The van der Waals surface area contributed by atoms with Crippen molar-refractivity contribution in [2.75, 3.05) is 0 Å². The molecule has 0 saturated carbocycles. The van der Waals surface area contributed by atoms with Gasteiger partial charge in [-0.15, -0.1) is 0 Å². The number of aliphatic hydroxyl groups excluding tert-OH is 2. The van der Waals surface area contributed by atoms with Crippen molar-refractivity contribution in [2.24, 2.45) is 0 Å². The third-order valence-electron chi connectivity index (χ3n) is 21.9. The zero-order valence-electron chi connectivity index (χ0n) is 62.9. The monoisotopic (exact) mass is 1400 g/mol. The summed E-state index contributed by atoms with van der Waals surface area (Å²) in [7, 11) is 0. The van der Waals surface area contributed by atoms with E-state index in [1.54, 1.807) is 0 Å². The third-order valence-corrected chi connectivity index (χ3v) is 21.9. The highest BCUT2D eigenvalue weighted by molar-refractivity contribution is 6.16. The summed E-state index contributed by atoms with van der Waals surface area (Å²) in [6, 6.07) is 97.7. The van der Waals surface area contributed by atoms with E-state index in [1.165, 1.54) is 0 Å². The molecule has 0 heterocycles. The average molecular weight is 1410 g/mol. The summed E-state index contributed by atoms with van der Waals surface area (Å²) in [6.45, 7) is 16.0. The molecule has 4 aliphatic rings. The highest BCUT2D eigenvalue weighted by atomic mass is 16.3. The van der Waals surface area contributed by atoms with Crippen LogP contribution in [-0.4, -0.2) is 32.6 Å². The van der Waals surface area contributed by atoms with Crippen molar-refractivity contribution in [3.8, 4) is 33.8 Å². The minimum absolute atomic E-state index is 0.212. The fourth-order valence-electron chi connectivity index (χ4n) is 17.5. The average Bonchev–Trinajstić information content (AvgIpc) is 0.725. The highest BCUT2D eigenvalue weighted by Gasteiger charge is 2.36. The predicted octanol–water partition coefficient (Wildman–Crippen LogP) is 20.4. The first-order valence-electron chi connectivity index (χ1n) is 39.1. The number of fused-ring (bicyclic) bond motifs is 12. The number of hydrogen-bond acceptors (Lipinski definition) is 4. The van der Waals surface area contributed by atoms with Crippen molar-refractivity contribution in [3.63, 3.8) is 0 Å². The molecule has 0 amide bonds. The fraction of sp³-hybridized carbons (Fsp3) is 0.154. The largest absolute Gasteiger partial charge is 0.507 e. The van der Waals surface area contributed by atoms with E-state index in [0.717, 1.165) is 209 Å². The molecule has 16 aromatic rings. The molecule has 4 atom stereocenters. The number of phenols is 2. The highest BCUT2D eigenvalue weighted by Crippen LogP contribution is 2.48. The summed E-state index contributed by atoms with van der Waals surface area (Å²) in [4.78, 5) is 0. The van der Waals surface area contributed by atoms with Gasteiger partial charge in [-0.1, -0.05) is 335 Å². The number of aromatic hydroxyl groups is 2. The van der Waals surface area contributed by atoms with E-state index in [-0.39, 0.29) is 23.3 Å². The molecule has 0 fully saturated rings. The minimum Gasteiger partial charge on any atom is -0.507 e. The molecule has 4 aliphatic carbocycles. The molecule has 4 N–H and O–H groups in total. The van der Waals surface area contributed by atoms with Gasteiger partial charge in [-0.05, 0) is 201 Å². The van der Waals surface area contributed by atoms with E-state index in [4.69, 9.17) is 0 Å². The molecule has 0 saturated heterocycles. The van der Waals surface area contributed by atoms with Gasteiger partial charge in [0.1, 0.15) is 11.5 Å². The summed E-state index contributed by atoms with van der Waals surface area (Å²) in [5, 5.41) is 77.7. The molecule has 4 nitrogen and oxygen atoms in total. The maximum absolute atomic E-state index is 12.9. The standard InChI is InChI=1S/2C48H34O2.4C2H6/c2*49-47-41(43-35-19-7-1-13-29(35)25-30-14-2-8-20-36(30)43)27-33-17-5-11-23-39(33)45(47)46-40-24-12-6-18-34(40)28-42(48(46)50)44-37-21-9-3-15-31(37)26-32-16-4-10-22-38(32)44;4*1-2/h2*1-5,7-11,13-28,41,47,49-50H,6,12H2;4*1-2H3. The minimum atomic E-state index is -0.913. The third kappa shape index (κ3) is 12.4. The first-order chi connectivity index (χ1) is 53.3. The topological polar surface area (TPSA) is 80.9 Å². The van der Waals surface area contributed by atoms with Crippen LogP contribution in [0.15, 0.2) is 279 Å². The molecule has 4 unspecified atom stereocenters. The molecular weight excluding hydrogens is 1310 g/mol. The molecule has 20 rings (SSSR count). The molecule has 0 spiro atoms. The summed E-state index contributed by atoms with van der Waals surface area (Å²) < 4.78 is 0. The predicted molar refractivity (Wildman–Crippen MR) is 463 cm³/mol. The number of rotatable bonds is 6. The second kappa shape index (κ2) is 31.3. The Balaban J connectivity index is 0.000000158. The molecule has 4 heteroatoms. The van der Waals surface area contributed by atoms with Crippen LogP contribution in [0.1, 0.15) is 115 Å². The molecule has 0 aliphatic heterocycles. The number of phenolic OH excluding ortho intramolecular Hbond substituents is 2. The van der Waals surface area contributed by atoms with Gasteiger partial charge >= 0.3 is 0 Å². The molecule has 16 aromatic carbocycles. The second-order valence-electron chi connectivity index (χ2n) is 27.4. The van der Waals surface area contributed by atoms with E-state index in [1.807, 2.05) is 67.5 Å². The van der Waals surface area contributed by atoms with E-state index in [9.17, 15) is 20.4 Å². The first kappa shape index (κ1) is 71.7. The van der Waals surface area contributed by atoms with Crippen molar-refractivity contribution in [3.05, 3.63) is 343 Å². The Morgan fingerprint density at radius 1 is 0.250 bits per heavy atom. The molecule has 0 bridgehead atoms. The zero-order valence-corrected chi connectivity index (χ0v) is 62.9. The van der Waals surface area contributed by atoms with Gasteiger partial charge in [0, 0.05) is 56.4 Å². The zero-order chi connectivity index (χ0) is 74.7. The van der Waals surface area contributed by atoms with E-state index in [2.05, 4.69) is 303 Å². The maximum atomic E-state index is 12.9. The van der Waals surface area contributed by atoms with Gasteiger partial charge in [0.05, 0.1) is 12.2 Å². The van der Waals surface area contributed by atoms with Crippen molar-refractivity contribution in [1.29, 1.82) is 0 Å². The molecule has 532 valence electrons. The van der Waals surface area contributed by atoms with Gasteiger partial charge in [0.25, 0.3) is 0 Å². The molecule has 0 aromatic heterocycles. The SMILES string of the molecule is CC.CC.CC.CC.Oc1c(-c2c3ccccc3cc3ccccc23)cc2c(c1C1=c3ccccc3=CC(c3c4ccccc4cc4ccccc34)C1O)=CCCC=2.Oc1c(-c2c3ccccc3cc3ccccc23)cc2c(c1C1=c3ccccc3=CC(c3c4ccccc4cc4ccccc34)C1O)=CCCC=2. The Hall–Kier alpha value is -11.9. The molecule has 108 heavy (non-hydrogen) atoms. The van der Waals surface area contributed by atoms with Gasteiger partial charge in [-0.2, -0.15) is 0 Å². The fourth-order valence-corrected chi connectivity index (χ4v) is 17.5. The number of benzene rings is 16. The van der Waals surface area contributed by atoms with Crippen molar-refractivity contribution < 1.29 is 20.4 Å². The Bertz CT molecular complexity index is 6130. The van der Waals surface area contributed by atoms with Gasteiger partial charge in [-0.25, -0.2) is 0 Å². The molecular formula is C104H92O4. The van der Waals surface area contributed by atoms with Crippen LogP contribution >= 0.6 is 0 Å². The lowest BCUT2D eigenvalue weighted by atomic mass is 9.76. The summed E-state index contributed by atoms with van der Waals surface area (Å²) in [5.74, 6) is -0.269. The van der Waals surface area contributed by atoms with Crippen molar-refractivity contribution >= 4 is 134 Å². The quantitative estimate of drug-likeness (QED) is 0.125. The first-order valence-corrected chi connectivity index (χ1v) is 39.1. The second-order valence-corrected chi connectivity index (χ2v) is 27.4. The van der Waals surface area contributed by atoms with Gasteiger partial charge in [-0.3, -0.25) is 0 Å². The van der Waals surface area contributed by atoms with E-state index in [0.29, 0.717) is 0 Å². The van der Waals surface area contributed by atoms with Gasteiger partial charge in [0.2, 0.25) is 0 Å². The van der Waals surface area contributed by atoms with Gasteiger partial charge < -0.3 is 20.4 Å². The lowest BCUT2D eigenvalue weighted by Crippen LogP contribution is -2.42. The Morgan fingerprint density at radius 3 is 0.787 bits per heavy atom. The van der Waals surface area contributed by atoms with Crippen molar-refractivity contribution in [1.82, 2.24) is 0 Å². The maximum Gasteiger partial charge on any atom is 0.131 e. The molecule has 0 radical (unpaired) electrons. The lowest BCUT2D eigenvalue weighted by Gasteiger charge is -2.30. The Labute approximate surface area is 632 Å². The van der Waals surface area contributed by atoms with Gasteiger partial charge in [0.15, 0.2) is 0 Å². The van der Waals surface area contributed by atoms with Crippen LogP contribution in [-0.2, 0) is 0 Å². The summed E-state index contributed by atoms with van der Waals surface area (Å²) >= 11 is 0. The van der Waals surface area contributed by atoms with Crippen LogP contribution in [0, 0.1) is 0 Å². The Morgan fingerprint density at radius 2 is 0.491 bits per heavy atom. The van der Waals surface area contributed by atoms with Crippen LogP contribution in [0.4, 0.5) is 0 Å². The summed E-state index contributed by atoms with van der Waals surface area (Å²) in [5.41, 5.74) is 8.84. The number of hydrogen-bond donors (Lipinski definition) is 4. The number of aliphatic hydroxyl groups is 2. The van der Waals surface area contributed by atoms with Crippen LogP contribution in [0.2, 0.25) is 0 Å². The van der Waals surface area contributed by atoms with Crippen LogP contribution < -0.4 is 41.7 Å². The smallest absolute Gasteiger partial charge is 0.131 e. The normalized spacial score (nSPS) is 15.8. The lowest BCUT2D eigenvalue weighted by molar-refractivity contribution is 0.220.